The molecule has 1 aliphatic rings. The fourth-order valence-corrected chi connectivity index (χ4v) is 3.49. The number of aromatic hydroxyl groups is 1. The lowest BCUT2D eigenvalue weighted by atomic mass is 10.2. The average Bonchev–Trinajstić information content (AvgIpc) is 2.73. The van der Waals surface area contributed by atoms with Gasteiger partial charge >= 0.3 is 0 Å². The van der Waals surface area contributed by atoms with E-state index in [2.05, 4.69) is 4.98 Å². The zero-order valence-electron chi connectivity index (χ0n) is 8.97. The van der Waals surface area contributed by atoms with Gasteiger partial charge < -0.3 is 5.11 Å². The molecular weight excluding hydrogens is 220 g/mol. The minimum Gasteiger partial charge on any atom is -0.506 e. The standard InChI is InChI=1S/C12H14N2OS/c15-10-5-4-9-7-13-12(14(9)8-10)11-3-1-2-6-16-11/h4-5,7-8,11,15H,1-3,6H2. The van der Waals surface area contributed by atoms with Crippen LogP contribution in [-0.2, 0) is 0 Å². The van der Waals surface area contributed by atoms with Gasteiger partial charge in [0, 0.05) is 0 Å². The van der Waals surface area contributed by atoms with E-state index in [1.165, 1.54) is 25.0 Å². The number of aromatic nitrogens is 2. The molecule has 4 heteroatoms. The van der Waals surface area contributed by atoms with E-state index >= 15 is 0 Å². The summed E-state index contributed by atoms with van der Waals surface area (Å²) in [6, 6.07) is 3.61. The van der Waals surface area contributed by atoms with Gasteiger partial charge in [-0.25, -0.2) is 4.98 Å². The highest BCUT2D eigenvalue weighted by Gasteiger charge is 2.20. The Hall–Kier alpha value is -1.16. The van der Waals surface area contributed by atoms with Crippen LogP contribution in [-0.4, -0.2) is 20.2 Å². The lowest BCUT2D eigenvalue weighted by molar-refractivity contribution is 0.471. The van der Waals surface area contributed by atoms with Crippen LogP contribution in [0.4, 0.5) is 0 Å². The summed E-state index contributed by atoms with van der Waals surface area (Å²) in [6.45, 7) is 0. The normalized spacial score (nSPS) is 21.4. The van der Waals surface area contributed by atoms with E-state index in [-0.39, 0.29) is 0 Å². The maximum atomic E-state index is 9.52. The molecule has 1 fully saturated rings. The van der Waals surface area contributed by atoms with Crippen molar-refractivity contribution in [2.45, 2.75) is 24.5 Å². The molecule has 1 aliphatic heterocycles. The maximum Gasteiger partial charge on any atom is 0.132 e. The van der Waals surface area contributed by atoms with Crippen molar-refractivity contribution in [2.24, 2.45) is 0 Å². The van der Waals surface area contributed by atoms with Crippen molar-refractivity contribution in [3.05, 3.63) is 30.4 Å². The van der Waals surface area contributed by atoms with Gasteiger partial charge in [-0.3, -0.25) is 4.40 Å². The summed E-state index contributed by atoms with van der Waals surface area (Å²) in [5.74, 6) is 2.60. The molecule has 16 heavy (non-hydrogen) atoms. The molecule has 84 valence electrons. The third kappa shape index (κ3) is 1.67. The lowest BCUT2D eigenvalue weighted by Crippen LogP contribution is -2.06. The maximum absolute atomic E-state index is 9.52. The fourth-order valence-electron chi connectivity index (χ4n) is 2.18. The van der Waals surface area contributed by atoms with Crippen molar-refractivity contribution >= 4 is 17.3 Å². The van der Waals surface area contributed by atoms with Crippen LogP contribution in [0.1, 0.15) is 30.3 Å². The smallest absolute Gasteiger partial charge is 0.132 e. The van der Waals surface area contributed by atoms with Gasteiger partial charge in [0.05, 0.1) is 23.2 Å². The predicted molar refractivity (Wildman–Crippen MR) is 65.9 cm³/mol. The first-order valence-corrected chi connectivity index (χ1v) is 6.67. The van der Waals surface area contributed by atoms with E-state index in [0.717, 1.165) is 11.3 Å². The van der Waals surface area contributed by atoms with Crippen LogP contribution in [0.25, 0.3) is 5.52 Å². The highest BCUT2D eigenvalue weighted by Crippen LogP contribution is 2.37. The molecule has 1 N–H and O–H groups in total. The molecule has 1 saturated heterocycles. The molecule has 3 heterocycles. The minimum atomic E-state index is 0.299. The molecular formula is C12H14N2OS. The number of imidazole rings is 1. The Labute approximate surface area is 98.5 Å². The monoisotopic (exact) mass is 234 g/mol. The van der Waals surface area contributed by atoms with E-state index in [1.807, 2.05) is 28.4 Å². The van der Waals surface area contributed by atoms with E-state index in [1.54, 1.807) is 12.3 Å². The largest absolute Gasteiger partial charge is 0.506 e. The zero-order valence-corrected chi connectivity index (χ0v) is 9.78. The van der Waals surface area contributed by atoms with Gasteiger partial charge in [-0.05, 0) is 30.7 Å². The first-order chi connectivity index (χ1) is 7.84. The van der Waals surface area contributed by atoms with Gasteiger partial charge in [-0.1, -0.05) is 6.42 Å². The molecule has 0 saturated carbocycles. The molecule has 0 radical (unpaired) electrons. The van der Waals surface area contributed by atoms with Gasteiger partial charge in [-0.15, -0.1) is 0 Å². The third-order valence-corrected chi connectivity index (χ3v) is 4.38. The molecule has 1 atom stereocenters. The molecule has 0 bridgehead atoms. The fraction of sp³-hybridized carbons (Fsp3) is 0.417. The van der Waals surface area contributed by atoms with E-state index < -0.39 is 0 Å². The Morgan fingerprint density at radius 1 is 1.38 bits per heavy atom. The SMILES string of the molecule is Oc1ccc2cnc(C3CCCCS3)n2c1. The summed E-state index contributed by atoms with van der Waals surface area (Å²) in [4.78, 5) is 4.49. The molecule has 0 amide bonds. The van der Waals surface area contributed by atoms with Crippen molar-refractivity contribution in [3.63, 3.8) is 0 Å². The minimum absolute atomic E-state index is 0.299. The molecule has 0 aromatic carbocycles. The van der Waals surface area contributed by atoms with Crippen molar-refractivity contribution < 1.29 is 5.11 Å². The third-order valence-electron chi connectivity index (χ3n) is 3.01. The first kappa shape index (κ1) is 10.0. The number of thioether (sulfide) groups is 1. The zero-order chi connectivity index (χ0) is 11.0. The molecule has 0 aliphatic carbocycles. The van der Waals surface area contributed by atoms with Gasteiger partial charge in [0.15, 0.2) is 0 Å². The molecule has 3 nitrogen and oxygen atoms in total. The average molecular weight is 234 g/mol. The first-order valence-electron chi connectivity index (χ1n) is 5.62. The number of hydrogen-bond donors (Lipinski definition) is 1. The topological polar surface area (TPSA) is 37.5 Å². The van der Waals surface area contributed by atoms with Gasteiger partial charge in [-0.2, -0.15) is 11.8 Å². The molecule has 0 spiro atoms. The van der Waals surface area contributed by atoms with Crippen LogP contribution < -0.4 is 0 Å². The summed E-state index contributed by atoms with van der Waals surface area (Å²) in [5, 5.41) is 10.0. The summed E-state index contributed by atoms with van der Waals surface area (Å²) in [5.41, 5.74) is 1.05. The van der Waals surface area contributed by atoms with Crippen molar-refractivity contribution in [2.75, 3.05) is 5.75 Å². The van der Waals surface area contributed by atoms with Gasteiger partial charge in [0.25, 0.3) is 0 Å². The summed E-state index contributed by atoms with van der Waals surface area (Å²) >= 11 is 1.98. The predicted octanol–water partition coefficient (Wildman–Crippen LogP) is 3.00. The summed E-state index contributed by atoms with van der Waals surface area (Å²) < 4.78 is 2.01. The second-order valence-corrected chi connectivity index (χ2v) is 5.46. The quantitative estimate of drug-likeness (QED) is 0.824. The number of fused-ring (bicyclic) bond motifs is 1. The summed E-state index contributed by atoms with van der Waals surface area (Å²) in [7, 11) is 0. The second kappa shape index (κ2) is 4.01. The van der Waals surface area contributed by atoms with Crippen molar-refractivity contribution in [1.29, 1.82) is 0 Å². The Balaban J connectivity index is 2.05. The number of hydrogen-bond acceptors (Lipinski definition) is 3. The molecule has 1 unspecified atom stereocenters. The van der Waals surface area contributed by atoms with Gasteiger partial charge in [0.1, 0.15) is 11.6 Å². The van der Waals surface area contributed by atoms with E-state index in [0.29, 0.717) is 11.0 Å². The molecule has 2 aromatic rings. The number of rotatable bonds is 1. The Morgan fingerprint density at radius 3 is 3.12 bits per heavy atom. The Bertz CT molecular complexity index is 503. The number of pyridine rings is 1. The van der Waals surface area contributed by atoms with Crippen LogP contribution in [0.3, 0.4) is 0 Å². The second-order valence-electron chi connectivity index (χ2n) is 4.15. The van der Waals surface area contributed by atoms with Crippen LogP contribution in [0.15, 0.2) is 24.5 Å². The van der Waals surface area contributed by atoms with Crippen molar-refractivity contribution in [1.82, 2.24) is 9.38 Å². The Kier molecular flexibility index (Phi) is 2.52. The number of nitrogens with zero attached hydrogens (tertiary/aromatic N) is 2. The van der Waals surface area contributed by atoms with Crippen LogP contribution in [0.2, 0.25) is 0 Å². The highest BCUT2D eigenvalue weighted by molar-refractivity contribution is 7.99. The van der Waals surface area contributed by atoms with E-state index in [4.69, 9.17) is 0 Å². The highest BCUT2D eigenvalue weighted by atomic mass is 32.2. The Morgan fingerprint density at radius 2 is 2.31 bits per heavy atom. The van der Waals surface area contributed by atoms with E-state index in [9.17, 15) is 5.11 Å². The molecule has 3 rings (SSSR count). The van der Waals surface area contributed by atoms with Crippen LogP contribution >= 0.6 is 11.8 Å². The summed E-state index contributed by atoms with van der Waals surface area (Å²) in [6.07, 6.45) is 7.43. The van der Waals surface area contributed by atoms with Crippen LogP contribution in [0.5, 0.6) is 5.75 Å². The van der Waals surface area contributed by atoms with Gasteiger partial charge in [0.2, 0.25) is 0 Å². The van der Waals surface area contributed by atoms with Crippen LogP contribution in [0, 0.1) is 0 Å². The lowest BCUT2D eigenvalue weighted by Gasteiger charge is -2.20. The van der Waals surface area contributed by atoms with Crippen molar-refractivity contribution in [3.8, 4) is 5.75 Å². The molecule has 2 aromatic heterocycles.